The van der Waals surface area contributed by atoms with E-state index in [0.29, 0.717) is 25.0 Å². The van der Waals surface area contributed by atoms with Gasteiger partial charge in [-0.25, -0.2) is 4.79 Å². The van der Waals surface area contributed by atoms with Crippen molar-refractivity contribution in [1.29, 1.82) is 0 Å². The van der Waals surface area contributed by atoms with Crippen molar-refractivity contribution in [2.75, 3.05) is 25.5 Å². The Morgan fingerprint density at radius 1 is 1.06 bits per heavy atom. The van der Waals surface area contributed by atoms with Gasteiger partial charge in [-0.15, -0.1) is 11.8 Å². The Bertz CT molecular complexity index is 1090. The van der Waals surface area contributed by atoms with Crippen LogP contribution >= 0.6 is 11.8 Å². The second kappa shape index (κ2) is 12.4. The molecule has 35 heavy (non-hydrogen) atoms. The van der Waals surface area contributed by atoms with Crippen LogP contribution in [-0.2, 0) is 16.1 Å². The van der Waals surface area contributed by atoms with Gasteiger partial charge in [-0.05, 0) is 50.0 Å². The maximum absolute atomic E-state index is 10.7. The lowest BCUT2D eigenvalue weighted by atomic mass is 9.82. The van der Waals surface area contributed by atoms with Gasteiger partial charge in [0.2, 0.25) is 0 Å². The quantitative estimate of drug-likeness (QED) is 0.344. The minimum atomic E-state index is -0.904. The molecular formula is C28H35N3O3S. The van der Waals surface area contributed by atoms with Crippen LogP contribution in [0, 0.1) is 18.8 Å². The van der Waals surface area contributed by atoms with Crippen LogP contribution in [0.15, 0.2) is 59.6 Å². The molecule has 7 heteroatoms. The maximum Gasteiger partial charge on any atom is 0.329 e. The van der Waals surface area contributed by atoms with Gasteiger partial charge in [0.15, 0.2) is 0 Å². The fraction of sp³-hybridized carbons (Fsp3) is 0.429. The number of thioether (sulfide) groups is 1. The van der Waals surface area contributed by atoms with Crippen molar-refractivity contribution in [2.24, 2.45) is 17.6 Å². The number of aryl methyl sites for hydroxylation is 1. The molecule has 1 aliphatic rings. The van der Waals surface area contributed by atoms with E-state index < -0.39 is 5.97 Å². The number of carbonyl (C=O) groups is 1. The summed E-state index contributed by atoms with van der Waals surface area (Å²) in [5.41, 5.74) is 11.6. The summed E-state index contributed by atoms with van der Waals surface area (Å²) >= 11 is 1.79. The topological polar surface area (TPSA) is 90.4 Å². The van der Waals surface area contributed by atoms with Gasteiger partial charge in [0, 0.05) is 30.0 Å². The summed E-state index contributed by atoms with van der Waals surface area (Å²) in [6, 6.07) is 19.1. The Kier molecular flexibility index (Phi) is 9.01. The van der Waals surface area contributed by atoms with Gasteiger partial charge in [-0.2, -0.15) is 5.10 Å². The number of nitrogens with two attached hydrogens (primary N) is 1. The summed E-state index contributed by atoms with van der Waals surface area (Å²) in [4.78, 5) is 10.7. The normalized spacial score (nSPS) is 18.0. The highest BCUT2D eigenvalue weighted by atomic mass is 32.2. The van der Waals surface area contributed by atoms with Gasteiger partial charge in [-0.1, -0.05) is 60.2 Å². The van der Waals surface area contributed by atoms with E-state index in [1.165, 1.54) is 21.7 Å². The first kappa shape index (κ1) is 25.5. The highest BCUT2D eigenvalue weighted by molar-refractivity contribution is 7.99. The van der Waals surface area contributed by atoms with Crippen LogP contribution in [0.1, 0.15) is 31.2 Å². The third-order valence-electron chi connectivity index (χ3n) is 6.63. The van der Waals surface area contributed by atoms with Crippen molar-refractivity contribution in [3.63, 3.8) is 0 Å². The number of rotatable bonds is 11. The average Bonchev–Trinajstić information content (AvgIpc) is 3.22. The van der Waals surface area contributed by atoms with Crippen molar-refractivity contribution < 1.29 is 14.6 Å². The number of aromatic nitrogens is 2. The molecule has 0 unspecified atom stereocenters. The lowest BCUT2D eigenvalue weighted by Crippen LogP contribution is -2.23. The molecule has 0 amide bonds. The molecule has 3 aromatic rings. The molecule has 1 saturated carbocycles. The highest BCUT2D eigenvalue weighted by Crippen LogP contribution is 2.41. The van der Waals surface area contributed by atoms with Crippen LogP contribution in [0.2, 0.25) is 0 Å². The fourth-order valence-electron chi connectivity index (χ4n) is 4.79. The molecule has 0 bridgehead atoms. The van der Waals surface area contributed by atoms with Gasteiger partial charge in [0.1, 0.15) is 17.3 Å². The molecule has 2 aromatic carbocycles. The molecule has 186 valence electrons. The minimum Gasteiger partial charge on any atom is -0.480 e. The van der Waals surface area contributed by atoms with E-state index in [4.69, 9.17) is 20.7 Å². The minimum absolute atomic E-state index is 0.209. The van der Waals surface area contributed by atoms with Gasteiger partial charge in [0.25, 0.3) is 0 Å². The second-order valence-electron chi connectivity index (χ2n) is 9.38. The Morgan fingerprint density at radius 2 is 1.74 bits per heavy atom. The average molecular weight is 494 g/mol. The number of aliphatic carboxylic acids is 1. The zero-order valence-corrected chi connectivity index (χ0v) is 21.2. The number of nitrogens with zero attached hydrogens (tertiary/aromatic N) is 2. The third-order valence-corrected chi connectivity index (χ3v) is 7.75. The molecule has 4 rings (SSSR count). The zero-order chi connectivity index (χ0) is 24.6. The van der Waals surface area contributed by atoms with E-state index in [0.717, 1.165) is 49.2 Å². The first-order valence-corrected chi connectivity index (χ1v) is 13.4. The SMILES string of the molecule is Cc1ccc(-c2nn(C[C@H]3CC[C@H](COCC(=O)O)CC3)c(SCCN)c2-c2ccccc2)cc1. The number of ether oxygens (including phenoxy) is 1. The number of hydrogen-bond acceptors (Lipinski definition) is 5. The lowest BCUT2D eigenvalue weighted by molar-refractivity contribution is -0.142. The molecule has 1 aromatic heterocycles. The van der Waals surface area contributed by atoms with Crippen LogP contribution in [0.25, 0.3) is 22.4 Å². The number of carboxylic acid groups (broad SMARTS) is 1. The Morgan fingerprint density at radius 3 is 2.40 bits per heavy atom. The van der Waals surface area contributed by atoms with Gasteiger partial charge < -0.3 is 15.6 Å². The van der Waals surface area contributed by atoms with Crippen molar-refractivity contribution >= 4 is 17.7 Å². The summed E-state index contributed by atoms with van der Waals surface area (Å²) in [6.07, 6.45) is 4.32. The molecule has 1 aliphatic carbocycles. The van der Waals surface area contributed by atoms with Crippen LogP contribution in [0.4, 0.5) is 0 Å². The summed E-state index contributed by atoms with van der Waals surface area (Å²) in [7, 11) is 0. The molecule has 3 N–H and O–H groups in total. The molecule has 1 heterocycles. The molecule has 0 spiro atoms. The van der Waals surface area contributed by atoms with Crippen LogP contribution in [0.5, 0.6) is 0 Å². The molecule has 0 saturated heterocycles. The van der Waals surface area contributed by atoms with Crippen LogP contribution < -0.4 is 5.73 Å². The monoisotopic (exact) mass is 493 g/mol. The summed E-state index contributed by atoms with van der Waals surface area (Å²) < 4.78 is 7.56. The van der Waals surface area contributed by atoms with Gasteiger partial charge >= 0.3 is 5.97 Å². The maximum atomic E-state index is 10.7. The Hall–Kier alpha value is -2.61. The van der Waals surface area contributed by atoms with Crippen molar-refractivity contribution in [3.8, 4) is 22.4 Å². The van der Waals surface area contributed by atoms with E-state index in [1.807, 2.05) is 6.07 Å². The molecule has 0 aliphatic heterocycles. The molecule has 6 nitrogen and oxygen atoms in total. The summed E-state index contributed by atoms with van der Waals surface area (Å²) in [5.74, 6) is 0.917. The van der Waals surface area contributed by atoms with Crippen LogP contribution in [-0.4, -0.2) is 46.4 Å². The molecule has 0 radical (unpaired) electrons. The predicted octanol–water partition coefficient (Wildman–Crippen LogP) is 5.48. The second-order valence-corrected chi connectivity index (χ2v) is 10.5. The van der Waals surface area contributed by atoms with E-state index in [1.54, 1.807) is 11.8 Å². The van der Waals surface area contributed by atoms with E-state index in [-0.39, 0.29) is 6.61 Å². The van der Waals surface area contributed by atoms with Gasteiger partial charge in [0.05, 0.1) is 6.61 Å². The standard InChI is InChI=1S/C28H35N3O3S/c1-20-7-13-24(14-8-20)27-26(23-5-3-2-4-6-23)28(35-16-15-29)31(30-27)17-21-9-11-22(12-10-21)18-34-19-25(32)33/h2-8,13-14,21-22H,9-12,15-19,29H2,1H3,(H,32,33)/t21-,22-. The van der Waals surface area contributed by atoms with Crippen molar-refractivity contribution in [1.82, 2.24) is 9.78 Å². The van der Waals surface area contributed by atoms with Crippen molar-refractivity contribution in [2.45, 2.75) is 44.2 Å². The number of hydrogen-bond donors (Lipinski definition) is 2. The van der Waals surface area contributed by atoms with E-state index >= 15 is 0 Å². The Balaban J connectivity index is 1.59. The zero-order valence-electron chi connectivity index (χ0n) is 20.4. The number of carboxylic acids is 1. The smallest absolute Gasteiger partial charge is 0.329 e. The molecular weight excluding hydrogens is 458 g/mol. The largest absolute Gasteiger partial charge is 0.480 e. The van der Waals surface area contributed by atoms with E-state index in [9.17, 15) is 4.79 Å². The first-order chi connectivity index (χ1) is 17.0. The van der Waals surface area contributed by atoms with E-state index in [2.05, 4.69) is 60.1 Å². The predicted molar refractivity (Wildman–Crippen MR) is 142 cm³/mol. The molecule has 1 fully saturated rings. The first-order valence-electron chi connectivity index (χ1n) is 12.4. The third kappa shape index (κ3) is 6.75. The lowest BCUT2D eigenvalue weighted by Gasteiger charge is -2.28. The van der Waals surface area contributed by atoms with Gasteiger partial charge in [-0.3, -0.25) is 4.68 Å². The fourth-order valence-corrected chi connectivity index (χ4v) is 5.72. The molecule has 0 atom stereocenters. The Labute approximate surface area is 211 Å². The summed E-state index contributed by atoms with van der Waals surface area (Å²) in [6.45, 7) is 3.92. The summed E-state index contributed by atoms with van der Waals surface area (Å²) in [5, 5.41) is 15.2. The van der Waals surface area contributed by atoms with Crippen LogP contribution in [0.3, 0.4) is 0 Å². The highest BCUT2D eigenvalue weighted by Gasteiger charge is 2.26. The van der Waals surface area contributed by atoms with Crippen molar-refractivity contribution in [3.05, 3.63) is 60.2 Å². The number of benzene rings is 2.